The minimum Gasteiger partial charge on any atom is -0.289 e. The van der Waals surface area contributed by atoms with Gasteiger partial charge in [-0.3, -0.25) is 9.59 Å². The average Bonchev–Trinajstić information content (AvgIpc) is 2.73. The van der Waals surface area contributed by atoms with Gasteiger partial charge in [0.15, 0.2) is 11.6 Å². The van der Waals surface area contributed by atoms with Crippen molar-refractivity contribution in [1.29, 1.82) is 0 Å². The van der Waals surface area contributed by atoms with E-state index in [-0.39, 0.29) is 11.6 Å². The zero-order chi connectivity index (χ0) is 18.5. The van der Waals surface area contributed by atoms with Gasteiger partial charge in [0.05, 0.1) is 0 Å². The Morgan fingerprint density at radius 3 is 1.31 bits per heavy atom. The van der Waals surface area contributed by atoms with Gasteiger partial charge in [-0.2, -0.15) is 0 Å². The van der Waals surface area contributed by atoms with Crippen LogP contribution in [-0.4, -0.2) is 11.6 Å². The third-order valence-electron chi connectivity index (χ3n) is 4.01. The average molecular weight is 334 g/mol. The van der Waals surface area contributed by atoms with Crippen LogP contribution in [0.2, 0.25) is 0 Å². The van der Waals surface area contributed by atoms with E-state index in [1.54, 1.807) is 72.8 Å². The van der Waals surface area contributed by atoms with E-state index >= 15 is 0 Å². The van der Waals surface area contributed by atoms with E-state index in [2.05, 4.69) is 11.8 Å². The van der Waals surface area contributed by atoms with Crippen LogP contribution in [0.25, 0.3) is 0 Å². The fourth-order valence-electron chi connectivity index (χ4n) is 2.57. The highest BCUT2D eigenvalue weighted by atomic mass is 16.1. The van der Waals surface area contributed by atoms with Crippen molar-refractivity contribution < 1.29 is 9.59 Å². The molecule has 0 aliphatic carbocycles. The lowest BCUT2D eigenvalue weighted by atomic mass is 9.97. The molecule has 0 aliphatic heterocycles. The van der Waals surface area contributed by atoms with Gasteiger partial charge in [-0.1, -0.05) is 30.0 Å². The highest BCUT2D eigenvalue weighted by Gasteiger charge is 2.13. The summed E-state index contributed by atoms with van der Waals surface area (Å²) in [7, 11) is 0. The van der Waals surface area contributed by atoms with Crippen LogP contribution < -0.4 is 0 Å². The maximum absolute atomic E-state index is 12.7. The van der Waals surface area contributed by atoms with Gasteiger partial charge in [0.2, 0.25) is 0 Å². The summed E-state index contributed by atoms with van der Waals surface area (Å²) in [6, 6.07) is 20.3. The Bertz CT molecular complexity index is 972. The first-order valence-corrected chi connectivity index (χ1v) is 7.95. The van der Waals surface area contributed by atoms with Crippen molar-refractivity contribution in [2.24, 2.45) is 0 Å². The monoisotopic (exact) mass is 334 g/mol. The molecule has 0 bridgehead atoms. The first kappa shape index (κ1) is 17.0. The highest BCUT2D eigenvalue weighted by Crippen LogP contribution is 2.16. The number of terminal acetylenes is 2. The SMILES string of the molecule is C#Cc1ccc(C(=O)c2cccc(C(=O)c3ccc(C#C)cc3)c2)cc1. The maximum Gasteiger partial charge on any atom is 0.193 e. The molecule has 3 rings (SSSR count). The number of hydrogen-bond donors (Lipinski definition) is 0. The Balaban J connectivity index is 1.89. The largest absolute Gasteiger partial charge is 0.289 e. The molecule has 0 saturated heterocycles. The van der Waals surface area contributed by atoms with Crippen LogP contribution in [0.1, 0.15) is 43.0 Å². The lowest BCUT2D eigenvalue weighted by Crippen LogP contribution is -2.06. The molecule has 26 heavy (non-hydrogen) atoms. The summed E-state index contributed by atoms with van der Waals surface area (Å²) in [6.07, 6.45) is 10.7. The van der Waals surface area contributed by atoms with E-state index in [0.717, 1.165) is 0 Å². The van der Waals surface area contributed by atoms with Crippen LogP contribution in [0.3, 0.4) is 0 Å². The zero-order valence-electron chi connectivity index (χ0n) is 13.9. The molecular weight excluding hydrogens is 320 g/mol. The molecule has 122 valence electrons. The molecular formula is C24H14O2. The molecule has 0 heterocycles. The van der Waals surface area contributed by atoms with Gasteiger partial charge in [0, 0.05) is 33.4 Å². The van der Waals surface area contributed by atoms with Crippen LogP contribution in [0.5, 0.6) is 0 Å². The van der Waals surface area contributed by atoms with E-state index < -0.39 is 0 Å². The van der Waals surface area contributed by atoms with E-state index in [9.17, 15) is 9.59 Å². The Morgan fingerprint density at radius 2 is 0.962 bits per heavy atom. The molecule has 3 aromatic rings. The van der Waals surface area contributed by atoms with Gasteiger partial charge < -0.3 is 0 Å². The molecule has 0 unspecified atom stereocenters. The lowest BCUT2D eigenvalue weighted by Gasteiger charge is -2.05. The summed E-state index contributed by atoms with van der Waals surface area (Å²) in [5.74, 6) is 4.71. The third-order valence-corrected chi connectivity index (χ3v) is 4.01. The van der Waals surface area contributed by atoms with E-state index in [0.29, 0.717) is 33.4 Å². The molecule has 0 amide bonds. The minimum atomic E-state index is -0.161. The quantitative estimate of drug-likeness (QED) is 0.531. The number of ketones is 2. The van der Waals surface area contributed by atoms with Crippen LogP contribution in [-0.2, 0) is 0 Å². The molecule has 0 aliphatic rings. The number of rotatable bonds is 4. The number of carbonyl (C=O) groups is 2. The standard InChI is InChI=1S/C24H14O2/c1-3-17-8-12-19(13-9-17)23(25)21-6-5-7-22(16-21)24(26)20-14-10-18(4-2)11-15-20/h1-2,5-16H. The lowest BCUT2D eigenvalue weighted by molar-refractivity contribution is 0.103. The molecule has 0 radical (unpaired) electrons. The van der Waals surface area contributed by atoms with Crippen molar-refractivity contribution >= 4 is 11.6 Å². The predicted octanol–water partition coefficient (Wildman–Crippen LogP) is 4.11. The fraction of sp³-hybridized carbons (Fsp3) is 0. The van der Waals surface area contributed by atoms with Crippen LogP contribution in [0.15, 0.2) is 72.8 Å². The summed E-state index contributed by atoms with van der Waals surface area (Å²) in [4.78, 5) is 25.3. The van der Waals surface area contributed by atoms with Crippen molar-refractivity contribution in [2.75, 3.05) is 0 Å². The Morgan fingerprint density at radius 1 is 0.577 bits per heavy atom. The van der Waals surface area contributed by atoms with Gasteiger partial charge in [0.25, 0.3) is 0 Å². The molecule has 3 aromatic carbocycles. The third kappa shape index (κ3) is 3.46. The first-order valence-electron chi connectivity index (χ1n) is 7.95. The van der Waals surface area contributed by atoms with Crippen molar-refractivity contribution in [1.82, 2.24) is 0 Å². The predicted molar refractivity (Wildman–Crippen MR) is 102 cm³/mol. The Hall–Kier alpha value is -3.88. The molecule has 0 N–H and O–H groups in total. The van der Waals surface area contributed by atoms with Gasteiger partial charge >= 0.3 is 0 Å². The van der Waals surface area contributed by atoms with Crippen molar-refractivity contribution in [3.63, 3.8) is 0 Å². The minimum absolute atomic E-state index is 0.161. The van der Waals surface area contributed by atoms with Crippen LogP contribution >= 0.6 is 0 Å². The van der Waals surface area contributed by atoms with Crippen LogP contribution in [0.4, 0.5) is 0 Å². The number of carbonyl (C=O) groups excluding carboxylic acids is 2. The molecule has 2 heteroatoms. The van der Waals surface area contributed by atoms with Crippen LogP contribution in [0, 0.1) is 24.7 Å². The topological polar surface area (TPSA) is 34.1 Å². The summed E-state index contributed by atoms with van der Waals surface area (Å²) in [5.41, 5.74) is 3.36. The van der Waals surface area contributed by atoms with Gasteiger partial charge in [-0.25, -0.2) is 0 Å². The molecule has 0 saturated carbocycles. The van der Waals surface area contributed by atoms with Gasteiger partial charge in [-0.15, -0.1) is 12.8 Å². The molecule has 0 aromatic heterocycles. The van der Waals surface area contributed by atoms with E-state index in [1.807, 2.05) is 0 Å². The number of benzene rings is 3. The smallest absolute Gasteiger partial charge is 0.193 e. The van der Waals surface area contributed by atoms with Gasteiger partial charge in [-0.05, 0) is 54.6 Å². The van der Waals surface area contributed by atoms with Gasteiger partial charge in [0.1, 0.15) is 0 Å². The Kier molecular flexibility index (Phi) is 4.79. The fourth-order valence-corrected chi connectivity index (χ4v) is 2.57. The second kappa shape index (κ2) is 7.34. The van der Waals surface area contributed by atoms with Crippen molar-refractivity contribution in [2.45, 2.75) is 0 Å². The normalized spacial score (nSPS) is 9.77. The van der Waals surface area contributed by atoms with E-state index in [4.69, 9.17) is 12.8 Å². The molecule has 0 fully saturated rings. The number of hydrogen-bond acceptors (Lipinski definition) is 2. The molecule has 0 atom stereocenters. The second-order valence-electron chi connectivity index (χ2n) is 5.68. The van der Waals surface area contributed by atoms with Crippen molar-refractivity contribution in [3.05, 3.63) is 106 Å². The summed E-state index contributed by atoms with van der Waals surface area (Å²) in [6.45, 7) is 0. The zero-order valence-corrected chi connectivity index (χ0v) is 13.9. The second-order valence-corrected chi connectivity index (χ2v) is 5.68. The Labute approximate surface area is 152 Å². The molecule has 2 nitrogen and oxygen atoms in total. The summed E-state index contributed by atoms with van der Waals surface area (Å²) in [5, 5.41) is 0. The van der Waals surface area contributed by atoms with Crippen molar-refractivity contribution in [3.8, 4) is 24.7 Å². The molecule has 0 spiro atoms. The van der Waals surface area contributed by atoms with E-state index in [1.165, 1.54) is 0 Å². The highest BCUT2D eigenvalue weighted by molar-refractivity contribution is 6.13. The first-order chi connectivity index (χ1) is 12.6. The summed E-state index contributed by atoms with van der Waals surface area (Å²) >= 11 is 0. The summed E-state index contributed by atoms with van der Waals surface area (Å²) < 4.78 is 0. The maximum atomic E-state index is 12.7.